The van der Waals surface area contributed by atoms with Crippen LogP contribution in [-0.2, 0) is 4.74 Å². The molecule has 0 saturated heterocycles. The van der Waals surface area contributed by atoms with Crippen LogP contribution in [0.2, 0.25) is 0 Å². The predicted molar refractivity (Wildman–Crippen MR) is 40.3 cm³/mol. The zero-order chi connectivity index (χ0) is 7.56. The Balaban J connectivity index is 2.30. The highest BCUT2D eigenvalue weighted by atomic mass is 16.5. The lowest BCUT2D eigenvalue weighted by Crippen LogP contribution is -2.43. The number of hydrogen-bond donors (Lipinski definition) is 2. The molecule has 0 aromatic carbocycles. The molecule has 1 rings (SSSR count). The highest BCUT2D eigenvalue weighted by Crippen LogP contribution is 2.35. The van der Waals surface area contributed by atoms with Crippen LogP contribution in [0.4, 0.5) is 0 Å². The molecule has 0 heterocycles. The normalized spacial score (nSPS) is 24.3. The quantitative estimate of drug-likeness (QED) is 0.439. The van der Waals surface area contributed by atoms with Gasteiger partial charge in [-0.25, -0.2) is 0 Å². The van der Waals surface area contributed by atoms with Crippen molar-refractivity contribution in [1.82, 2.24) is 5.43 Å². The fourth-order valence-electron chi connectivity index (χ4n) is 1.32. The minimum absolute atomic E-state index is 0.275. The van der Waals surface area contributed by atoms with Gasteiger partial charge in [-0.1, -0.05) is 0 Å². The van der Waals surface area contributed by atoms with Gasteiger partial charge in [0.25, 0.3) is 0 Å². The smallest absolute Gasteiger partial charge is 0.0763 e. The molecular weight excluding hydrogens is 128 g/mol. The van der Waals surface area contributed by atoms with Gasteiger partial charge in [0, 0.05) is 13.2 Å². The summed E-state index contributed by atoms with van der Waals surface area (Å²) in [6.45, 7) is 2.05. The number of ether oxygens (including phenoxy) is 1. The van der Waals surface area contributed by atoms with Crippen molar-refractivity contribution in [2.75, 3.05) is 7.11 Å². The van der Waals surface area contributed by atoms with E-state index in [0.29, 0.717) is 6.10 Å². The third-order valence-corrected chi connectivity index (χ3v) is 2.11. The third kappa shape index (κ3) is 1.68. The Hall–Kier alpha value is -0.120. The molecule has 2 unspecified atom stereocenters. The first-order valence-corrected chi connectivity index (χ1v) is 3.78. The lowest BCUT2D eigenvalue weighted by Gasteiger charge is -2.20. The van der Waals surface area contributed by atoms with Crippen molar-refractivity contribution in [2.45, 2.75) is 31.9 Å². The summed E-state index contributed by atoms with van der Waals surface area (Å²) in [5.41, 5.74) is 2.71. The molecule has 3 N–H and O–H groups in total. The second kappa shape index (κ2) is 3.32. The molecular formula is C7H16N2O. The van der Waals surface area contributed by atoms with Gasteiger partial charge in [0.15, 0.2) is 0 Å². The van der Waals surface area contributed by atoms with E-state index < -0.39 is 0 Å². The molecule has 0 bridgehead atoms. The zero-order valence-corrected chi connectivity index (χ0v) is 6.63. The first kappa shape index (κ1) is 7.98. The van der Waals surface area contributed by atoms with E-state index in [-0.39, 0.29) is 6.04 Å². The van der Waals surface area contributed by atoms with Crippen LogP contribution < -0.4 is 11.3 Å². The Morgan fingerprint density at radius 1 is 1.60 bits per heavy atom. The summed E-state index contributed by atoms with van der Waals surface area (Å²) in [5.74, 6) is 6.03. The number of hydrazine groups is 1. The highest BCUT2D eigenvalue weighted by Gasteiger charge is 2.34. The number of hydrogen-bond acceptors (Lipinski definition) is 3. The molecule has 0 aromatic heterocycles. The summed E-state index contributed by atoms with van der Waals surface area (Å²) in [4.78, 5) is 0. The van der Waals surface area contributed by atoms with Crippen LogP contribution in [0.1, 0.15) is 19.8 Å². The molecule has 1 fully saturated rings. The Morgan fingerprint density at radius 3 is 2.50 bits per heavy atom. The Morgan fingerprint density at radius 2 is 2.20 bits per heavy atom. The lowest BCUT2D eigenvalue weighted by atomic mass is 10.1. The zero-order valence-electron chi connectivity index (χ0n) is 6.63. The Bertz CT molecular complexity index is 104. The molecule has 0 amide bonds. The number of methoxy groups -OCH3 is 1. The summed E-state index contributed by atoms with van der Waals surface area (Å²) in [6, 6.07) is 0.275. The van der Waals surface area contributed by atoms with Gasteiger partial charge in [-0.15, -0.1) is 0 Å². The highest BCUT2D eigenvalue weighted by molar-refractivity contribution is 4.87. The second-order valence-corrected chi connectivity index (χ2v) is 2.99. The van der Waals surface area contributed by atoms with E-state index in [4.69, 9.17) is 10.6 Å². The van der Waals surface area contributed by atoms with Crippen molar-refractivity contribution in [3.63, 3.8) is 0 Å². The van der Waals surface area contributed by atoms with E-state index in [0.717, 1.165) is 5.92 Å². The van der Waals surface area contributed by atoms with Crippen molar-refractivity contribution in [3.05, 3.63) is 0 Å². The van der Waals surface area contributed by atoms with Gasteiger partial charge in [0.05, 0.1) is 6.10 Å². The van der Waals surface area contributed by atoms with Crippen LogP contribution in [-0.4, -0.2) is 19.3 Å². The fourth-order valence-corrected chi connectivity index (χ4v) is 1.32. The Kier molecular flexibility index (Phi) is 2.65. The number of nitrogens with two attached hydrogens (primary N) is 1. The van der Waals surface area contributed by atoms with Crippen LogP contribution in [0.3, 0.4) is 0 Å². The summed E-state index contributed by atoms with van der Waals surface area (Å²) in [6.07, 6.45) is 2.90. The predicted octanol–water partition coefficient (Wildman–Crippen LogP) is 0.263. The minimum Gasteiger partial charge on any atom is -0.380 e. The van der Waals surface area contributed by atoms with Crippen molar-refractivity contribution in [3.8, 4) is 0 Å². The van der Waals surface area contributed by atoms with Crippen LogP contribution in [0, 0.1) is 5.92 Å². The van der Waals surface area contributed by atoms with Crippen LogP contribution in [0.15, 0.2) is 0 Å². The van der Waals surface area contributed by atoms with E-state index >= 15 is 0 Å². The largest absolute Gasteiger partial charge is 0.380 e. The standard InChI is InChI=1S/C7H16N2O/c1-5(9-8)7(10-2)6-3-4-6/h5-7,9H,3-4,8H2,1-2H3. The molecule has 0 aliphatic heterocycles. The molecule has 1 aliphatic rings. The van der Waals surface area contributed by atoms with Gasteiger partial charge >= 0.3 is 0 Å². The molecule has 3 heteroatoms. The van der Waals surface area contributed by atoms with Crippen molar-refractivity contribution in [2.24, 2.45) is 11.8 Å². The van der Waals surface area contributed by atoms with Crippen LogP contribution >= 0.6 is 0 Å². The molecule has 0 spiro atoms. The summed E-state index contributed by atoms with van der Waals surface area (Å²) in [5, 5.41) is 0. The maximum atomic E-state index is 5.28. The molecule has 0 radical (unpaired) electrons. The van der Waals surface area contributed by atoms with Crippen molar-refractivity contribution in [1.29, 1.82) is 0 Å². The topological polar surface area (TPSA) is 47.3 Å². The molecule has 3 nitrogen and oxygen atoms in total. The lowest BCUT2D eigenvalue weighted by molar-refractivity contribution is 0.0565. The third-order valence-electron chi connectivity index (χ3n) is 2.11. The molecule has 2 atom stereocenters. The van der Waals surface area contributed by atoms with E-state index in [1.165, 1.54) is 12.8 Å². The molecule has 1 aliphatic carbocycles. The number of nitrogens with one attached hydrogen (secondary N) is 1. The maximum absolute atomic E-state index is 5.28. The van der Waals surface area contributed by atoms with Crippen molar-refractivity contribution < 1.29 is 4.74 Å². The van der Waals surface area contributed by atoms with Gasteiger partial charge in [0.2, 0.25) is 0 Å². The summed E-state index contributed by atoms with van der Waals surface area (Å²) in [7, 11) is 1.75. The van der Waals surface area contributed by atoms with E-state index in [9.17, 15) is 0 Å². The number of rotatable bonds is 4. The van der Waals surface area contributed by atoms with Gasteiger partial charge in [-0.3, -0.25) is 11.3 Å². The molecule has 10 heavy (non-hydrogen) atoms. The first-order chi connectivity index (χ1) is 4.79. The van der Waals surface area contributed by atoms with Gasteiger partial charge in [-0.05, 0) is 25.7 Å². The molecule has 0 aromatic rings. The summed E-state index contributed by atoms with van der Waals surface area (Å²) < 4.78 is 5.28. The minimum atomic E-state index is 0.275. The second-order valence-electron chi connectivity index (χ2n) is 2.99. The monoisotopic (exact) mass is 144 g/mol. The first-order valence-electron chi connectivity index (χ1n) is 3.78. The van der Waals surface area contributed by atoms with Gasteiger partial charge < -0.3 is 4.74 Å². The average molecular weight is 144 g/mol. The van der Waals surface area contributed by atoms with Gasteiger partial charge in [-0.2, -0.15) is 0 Å². The average Bonchev–Trinajstić information content (AvgIpc) is 2.73. The van der Waals surface area contributed by atoms with Crippen molar-refractivity contribution >= 4 is 0 Å². The Labute approximate surface area is 61.9 Å². The van der Waals surface area contributed by atoms with Crippen LogP contribution in [0.25, 0.3) is 0 Å². The molecule has 60 valence electrons. The van der Waals surface area contributed by atoms with Gasteiger partial charge in [0.1, 0.15) is 0 Å². The maximum Gasteiger partial charge on any atom is 0.0763 e. The van der Waals surface area contributed by atoms with E-state index in [1.54, 1.807) is 7.11 Å². The SMILES string of the molecule is COC(C1CC1)C(C)NN. The summed E-state index contributed by atoms with van der Waals surface area (Å²) >= 11 is 0. The molecule has 1 saturated carbocycles. The van der Waals surface area contributed by atoms with E-state index in [1.807, 2.05) is 6.92 Å². The van der Waals surface area contributed by atoms with Crippen LogP contribution in [0.5, 0.6) is 0 Å². The van der Waals surface area contributed by atoms with E-state index in [2.05, 4.69) is 5.43 Å². The fraction of sp³-hybridized carbons (Fsp3) is 1.00.